The maximum absolute atomic E-state index is 9.29. The Balaban J connectivity index is 2.13. The summed E-state index contributed by atoms with van der Waals surface area (Å²) in [6.45, 7) is 9.03. The second-order valence-corrected chi connectivity index (χ2v) is 5.99. The second-order valence-electron chi connectivity index (χ2n) is 5.99. The Kier molecular flexibility index (Phi) is 4.14. The summed E-state index contributed by atoms with van der Waals surface area (Å²) in [5, 5.41) is 12.6. The van der Waals surface area contributed by atoms with Gasteiger partial charge in [0.1, 0.15) is 11.5 Å². The molecule has 0 radical (unpaired) electrons. The molecule has 0 unspecified atom stereocenters. The van der Waals surface area contributed by atoms with Crippen LogP contribution >= 0.6 is 0 Å². The summed E-state index contributed by atoms with van der Waals surface area (Å²) in [5.41, 5.74) is 2.83. The van der Waals surface area contributed by atoms with Crippen LogP contribution in [0.3, 0.4) is 0 Å². The Hall–Kier alpha value is -1.81. The SMILES string of the molecule is Cc1oc(C(C)(C)C)cc1CNc1cnccc1CO. The molecule has 2 aromatic rings. The number of rotatable bonds is 4. The van der Waals surface area contributed by atoms with Gasteiger partial charge in [-0.25, -0.2) is 0 Å². The average molecular weight is 274 g/mol. The summed E-state index contributed by atoms with van der Waals surface area (Å²) in [4.78, 5) is 4.08. The topological polar surface area (TPSA) is 58.3 Å². The zero-order valence-corrected chi connectivity index (χ0v) is 12.5. The van der Waals surface area contributed by atoms with Gasteiger partial charge in [0.15, 0.2) is 0 Å². The number of aliphatic hydroxyl groups is 1. The maximum atomic E-state index is 9.29. The van der Waals surface area contributed by atoms with E-state index in [0.29, 0.717) is 6.54 Å². The van der Waals surface area contributed by atoms with Gasteiger partial charge in [0.25, 0.3) is 0 Å². The molecular weight excluding hydrogens is 252 g/mol. The lowest BCUT2D eigenvalue weighted by Gasteiger charge is -2.13. The maximum Gasteiger partial charge on any atom is 0.109 e. The molecule has 4 heteroatoms. The van der Waals surface area contributed by atoms with Gasteiger partial charge in [-0.15, -0.1) is 0 Å². The molecule has 0 amide bonds. The molecule has 0 aliphatic carbocycles. The molecule has 108 valence electrons. The van der Waals surface area contributed by atoms with E-state index in [-0.39, 0.29) is 12.0 Å². The van der Waals surface area contributed by atoms with Gasteiger partial charge in [-0.1, -0.05) is 20.8 Å². The van der Waals surface area contributed by atoms with Gasteiger partial charge in [-0.3, -0.25) is 4.98 Å². The molecule has 0 aromatic carbocycles. The van der Waals surface area contributed by atoms with Crippen molar-refractivity contribution in [2.45, 2.75) is 46.3 Å². The Morgan fingerprint density at radius 3 is 2.65 bits per heavy atom. The summed E-state index contributed by atoms with van der Waals surface area (Å²) in [6, 6.07) is 3.91. The number of furan rings is 1. The number of aromatic nitrogens is 1. The standard InChI is InChI=1S/C16H22N2O2/c1-11-13(7-15(20-11)16(2,3)4)8-18-14-9-17-6-5-12(14)10-19/h5-7,9,18-19H,8,10H2,1-4H3. The summed E-state index contributed by atoms with van der Waals surface area (Å²) < 4.78 is 5.82. The van der Waals surface area contributed by atoms with E-state index >= 15 is 0 Å². The molecule has 0 saturated heterocycles. The number of nitrogens with one attached hydrogen (secondary N) is 1. The van der Waals surface area contributed by atoms with Crippen LogP contribution in [0.4, 0.5) is 5.69 Å². The van der Waals surface area contributed by atoms with Gasteiger partial charge in [0.2, 0.25) is 0 Å². The van der Waals surface area contributed by atoms with Crippen molar-refractivity contribution in [1.29, 1.82) is 0 Å². The Morgan fingerprint density at radius 1 is 1.30 bits per heavy atom. The molecular formula is C16H22N2O2. The van der Waals surface area contributed by atoms with Crippen LogP contribution in [0, 0.1) is 6.92 Å². The minimum atomic E-state index is 0.00244. The Labute approximate surface area is 119 Å². The van der Waals surface area contributed by atoms with Crippen molar-refractivity contribution in [3.05, 3.63) is 47.2 Å². The minimum absolute atomic E-state index is 0.00244. The van der Waals surface area contributed by atoms with Crippen molar-refractivity contribution in [3.8, 4) is 0 Å². The molecule has 0 aliphatic rings. The predicted octanol–water partition coefficient (Wildman–Crippen LogP) is 3.38. The van der Waals surface area contributed by atoms with Gasteiger partial charge in [0.05, 0.1) is 18.5 Å². The lowest BCUT2D eigenvalue weighted by atomic mass is 9.93. The number of aliphatic hydroxyl groups excluding tert-OH is 1. The molecule has 4 nitrogen and oxygen atoms in total. The largest absolute Gasteiger partial charge is 0.465 e. The lowest BCUT2D eigenvalue weighted by molar-refractivity contribution is 0.282. The highest BCUT2D eigenvalue weighted by molar-refractivity contribution is 5.49. The van der Waals surface area contributed by atoms with E-state index in [0.717, 1.165) is 28.3 Å². The zero-order chi connectivity index (χ0) is 14.8. The van der Waals surface area contributed by atoms with E-state index in [9.17, 15) is 5.11 Å². The van der Waals surface area contributed by atoms with Gasteiger partial charge in [-0.05, 0) is 19.1 Å². The monoisotopic (exact) mass is 274 g/mol. The highest BCUT2D eigenvalue weighted by Gasteiger charge is 2.20. The van der Waals surface area contributed by atoms with Gasteiger partial charge in [0, 0.05) is 29.3 Å². The summed E-state index contributed by atoms with van der Waals surface area (Å²) >= 11 is 0. The fraction of sp³-hybridized carbons (Fsp3) is 0.438. The minimum Gasteiger partial charge on any atom is -0.465 e. The van der Waals surface area contributed by atoms with Crippen molar-refractivity contribution < 1.29 is 9.52 Å². The predicted molar refractivity (Wildman–Crippen MR) is 79.6 cm³/mol. The molecule has 2 N–H and O–H groups in total. The van der Waals surface area contributed by atoms with Crippen LogP contribution in [0.15, 0.2) is 28.9 Å². The Bertz CT molecular complexity index is 582. The third-order valence-corrected chi connectivity index (χ3v) is 3.31. The van der Waals surface area contributed by atoms with Crippen LogP contribution in [-0.4, -0.2) is 10.1 Å². The third kappa shape index (κ3) is 3.20. The Morgan fingerprint density at radius 2 is 2.05 bits per heavy atom. The van der Waals surface area contributed by atoms with Crippen molar-refractivity contribution >= 4 is 5.69 Å². The van der Waals surface area contributed by atoms with Gasteiger partial charge >= 0.3 is 0 Å². The normalized spacial score (nSPS) is 11.7. The fourth-order valence-electron chi connectivity index (χ4n) is 1.98. The fourth-order valence-corrected chi connectivity index (χ4v) is 1.98. The van der Waals surface area contributed by atoms with Gasteiger partial charge in [-0.2, -0.15) is 0 Å². The van der Waals surface area contributed by atoms with E-state index in [1.54, 1.807) is 12.4 Å². The van der Waals surface area contributed by atoms with Gasteiger partial charge < -0.3 is 14.8 Å². The number of aryl methyl sites for hydroxylation is 1. The van der Waals surface area contributed by atoms with E-state index < -0.39 is 0 Å². The molecule has 2 heterocycles. The average Bonchev–Trinajstić information content (AvgIpc) is 2.78. The zero-order valence-electron chi connectivity index (χ0n) is 12.5. The number of nitrogens with zero attached hydrogens (tertiary/aromatic N) is 1. The summed E-state index contributed by atoms with van der Waals surface area (Å²) in [5.74, 6) is 1.91. The van der Waals surface area contributed by atoms with Crippen LogP contribution in [0.5, 0.6) is 0 Å². The summed E-state index contributed by atoms with van der Waals surface area (Å²) in [7, 11) is 0. The van der Waals surface area contributed by atoms with Crippen molar-refractivity contribution in [2.75, 3.05) is 5.32 Å². The highest BCUT2D eigenvalue weighted by Crippen LogP contribution is 2.27. The second kappa shape index (κ2) is 5.67. The number of hydrogen-bond donors (Lipinski definition) is 2. The molecule has 0 fully saturated rings. The first kappa shape index (κ1) is 14.6. The van der Waals surface area contributed by atoms with E-state index in [2.05, 4.69) is 37.1 Å². The van der Waals surface area contributed by atoms with Crippen molar-refractivity contribution in [3.63, 3.8) is 0 Å². The van der Waals surface area contributed by atoms with Crippen LogP contribution < -0.4 is 5.32 Å². The quantitative estimate of drug-likeness (QED) is 0.897. The highest BCUT2D eigenvalue weighted by atomic mass is 16.3. The van der Waals surface area contributed by atoms with Crippen LogP contribution in [-0.2, 0) is 18.6 Å². The van der Waals surface area contributed by atoms with Crippen LogP contribution in [0.25, 0.3) is 0 Å². The number of pyridine rings is 1. The molecule has 0 atom stereocenters. The van der Waals surface area contributed by atoms with Crippen LogP contribution in [0.2, 0.25) is 0 Å². The molecule has 0 bridgehead atoms. The number of hydrogen-bond acceptors (Lipinski definition) is 4. The first-order valence-corrected chi connectivity index (χ1v) is 6.79. The van der Waals surface area contributed by atoms with E-state index in [1.165, 1.54) is 0 Å². The summed E-state index contributed by atoms with van der Waals surface area (Å²) in [6.07, 6.45) is 3.41. The first-order chi connectivity index (χ1) is 9.41. The molecule has 2 aromatic heterocycles. The molecule has 0 aliphatic heterocycles. The lowest BCUT2D eigenvalue weighted by Crippen LogP contribution is -2.09. The first-order valence-electron chi connectivity index (χ1n) is 6.79. The molecule has 20 heavy (non-hydrogen) atoms. The van der Waals surface area contributed by atoms with Crippen molar-refractivity contribution in [2.24, 2.45) is 0 Å². The van der Waals surface area contributed by atoms with Crippen LogP contribution in [0.1, 0.15) is 43.4 Å². The smallest absolute Gasteiger partial charge is 0.109 e. The van der Waals surface area contributed by atoms with Crippen molar-refractivity contribution in [1.82, 2.24) is 4.98 Å². The number of anilines is 1. The molecule has 2 rings (SSSR count). The third-order valence-electron chi connectivity index (χ3n) is 3.31. The molecule has 0 saturated carbocycles. The van der Waals surface area contributed by atoms with E-state index in [4.69, 9.17) is 4.42 Å². The van der Waals surface area contributed by atoms with E-state index in [1.807, 2.05) is 13.0 Å². The molecule has 0 spiro atoms.